The number of carboxylic acid groups (broad SMARTS) is 1. The summed E-state index contributed by atoms with van der Waals surface area (Å²) in [7, 11) is 0. The van der Waals surface area contributed by atoms with Crippen LogP contribution in [0.3, 0.4) is 0 Å². The largest absolute Gasteiger partial charge is 0.480 e. The molecule has 8 heteroatoms. The Morgan fingerprint density at radius 3 is 1.67 bits per heavy atom. The molecule has 0 aliphatic rings. The van der Waals surface area contributed by atoms with Gasteiger partial charge in [-0.05, 0) is 25.7 Å². The number of hydrogen-bond acceptors (Lipinski definition) is 4. The molecule has 0 saturated carbocycles. The van der Waals surface area contributed by atoms with Crippen LogP contribution in [0.25, 0.3) is 0 Å². The third-order valence-electron chi connectivity index (χ3n) is 5.05. The number of nitrogens with two attached hydrogens (primary N) is 2. The van der Waals surface area contributed by atoms with Crippen molar-refractivity contribution < 1.29 is 19.5 Å². The van der Waals surface area contributed by atoms with Gasteiger partial charge in [0, 0.05) is 19.4 Å². The van der Waals surface area contributed by atoms with Crippen molar-refractivity contribution in [3.05, 3.63) is 0 Å². The first-order valence-electron chi connectivity index (χ1n) is 11.5. The van der Waals surface area contributed by atoms with Gasteiger partial charge in [-0.1, -0.05) is 65.2 Å². The lowest BCUT2D eigenvalue weighted by Crippen LogP contribution is -2.48. The lowest BCUT2D eigenvalue weighted by atomic mass is 10.0. The molecule has 0 saturated heterocycles. The van der Waals surface area contributed by atoms with Gasteiger partial charge in [-0.2, -0.15) is 0 Å². The summed E-state index contributed by atoms with van der Waals surface area (Å²) in [6.07, 6.45) is 10.5. The number of guanidine groups is 1. The number of imide groups is 1. The lowest BCUT2D eigenvalue weighted by Gasteiger charge is -2.27. The van der Waals surface area contributed by atoms with Crippen LogP contribution in [0.5, 0.6) is 0 Å². The van der Waals surface area contributed by atoms with Crippen LogP contribution in [0.4, 0.5) is 0 Å². The molecule has 0 aliphatic carbocycles. The highest BCUT2D eigenvalue weighted by atomic mass is 16.4. The van der Waals surface area contributed by atoms with Gasteiger partial charge >= 0.3 is 5.97 Å². The molecule has 30 heavy (non-hydrogen) atoms. The molecule has 0 aromatic carbocycles. The lowest BCUT2D eigenvalue weighted by molar-refractivity contribution is -0.158. The first-order chi connectivity index (χ1) is 14.3. The number of amides is 2. The standard InChI is InChI=1S/C22H42N4O4/c1-3-5-7-9-11-15-19(27)26(20(28)16-12-10-8-6-4-2)18(21(29)30)14-13-17-25-22(23)24/h18H,3-17H2,1-2H3,(H,29,30)(H4,23,24,25). The normalized spacial score (nSPS) is 11.7. The molecule has 1 atom stereocenters. The van der Waals surface area contributed by atoms with Crippen LogP contribution >= 0.6 is 0 Å². The number of carboxylic acids is 1. The molecular formula is C22H42N4O4. The molecule has 0 bridgehead atoms. The van der Waals surface area contributed by atoms with E-state index in [0.717, 1.165) is 56.3 Å². The van der Waals surface area contributed by atoms with Crippen molar-refractivity contribution in [3.63, 3.8) is 0 Å². The maximum atomic E-state index is 12.8. The summed E-state index contributed by atoms with van der Waals surface area (Å²) in [5, 5.41) is 9.70. The molecule has 174 valence electrons. The van der Waals surface area contributed by atoms with Crippen molar-refractivity contribution >= 4 is 23.7 Å². The fourth-order valence-electron chi connectivity index (χ4n) is 3.34. The average Bonchev–Trinajstić information content (AvgIpc) is 2.69. The van der Waals surface area contributed by atoms with Gasteiger partial charge in [-0.3, -0.25) is 19.5 Å². The maximum absolute atomic E-state index is 12.8. The van der Waals surface area contributed by atoms with Crippen molar-refractivity contribution in [3.8, 4) is 0 Å². The molecular weight excluding hydrogens is 384 g/mol. The predicted molar refractivity (Wildman–Crippen MR) is 120 cm³/mol. The Morgan fingerprint density at radius 1 is 0.800 bits per heavy atom. The van der Waals surface area contributed by atoms with E-state index in [9.17, 15) is 19.5 Å². The highest BCUT2D eigenvalue weighted by Gasteiger charge is 2.33. The molecule has 0 heterocycles. The van der Waals surface area contributed by atoms with Crippen molar-refractivity contribution in [1.82, 2.24) is 4.90 Å². The molecule has 8 nitrogen and oxygen atoms in total. The fraction of sp³-hybridized carbons (Fsp3) is 0.818. The maximum Gasteiger partial charge on any atom is 0.326 e. The van der Waals surface area contributed by atoms with Crippen molar-refractivity contribution in [2.75, 3.05) is 6.54 Å². The molecule has 0 aromatic heterocycles. The Morgan fingerprint density at radius 2 is 1.27 bits per heavy atom. The van der Waals surface area contributed by atoms with Crippen molar-refractivity contribution in [1.29, 1.82) is 0 Å². The summed E-state index contributed by atoms with van der Waals surface area (Å²) in [6.45, 7) is 4.49. The summed E-state index contributed by atoms with van der Waals surface area (Å²) in [5.74, 6) is -2.01. The molecule has 0 radical (unpaired) electrons. The van der Waals surface area contributed by atoms with Gasteiger partial charge in [0.25, 0.3) is 0 Å². The van der Waals surface area contributed by atoms with E-state index in [1.165, 1.54) is 0 Å². The number of unbranched alkanes of at least 4 members (excludes halogenated alkanes) is 8. The fourth-order valence-corrected chi connectivity index (χ4v) is 3.34. The van der Waals surface area contributed by atoms with Gasteiger partial charge < -0.3 is 16.6 Å². The monoisotopic (exact) mass is 426 g/mol. The van der Waals surface area contributed by atoms with Crippen LogP contribution in [0.15, 0.2) is 4.99 Å². The quantitative estimate of drug-likeness (QED) is 0.174. The van der Waals surface area contributed by atoms with Gasteiger partial charge in [0.2, 0.25) is 11.8 Å². The van der Waals surface area contributed by atoms with Crippen LogP contribution in [-0.4, -0.2) is 46.3 Å². The molecule has 0 rings (SSSR count). The van der Waals surface area contributed by atoms with E-state index in [1.54, 1.807) is 0 Å². The second-order valence-electron chi connectivity index (χ2n) is 7.79. The first kappa shape index (κ1) is 27.9. The van der Waals surface area contributed by atoms with E-state index in [-0.39, 0.29) is 43.6 Å². The van der Waals surface area contributed by atoms with Crippen LogP contribution in [0.1, 0.15) is 104 Å². The van der Waals surface area contributed by atoms with Gasteiger partial charge in [-0.25, -0.2) is 4.79 Å². The Labute approximate surface area is 181 Å². The van der Waals surface area contributed by atoms with Crippen LogP contribution < -0.4 is 11.5 Å². The Balaban J connectivity index is 5.04. The van der Waals surface area contributed by atoms with Gasteiger partial charge in [0.05, 0.1) is 0 Å². The number of nitrogens with zero attached hydrogens (tertiary/aromatic N) is 2. The van der Waals surface area contributed by atoms with Crippen LogP contribution in [0, 0.1) is 0 Å². The average molecular weight is 427 g/mol. The smallest absolute Gasteiger partial charge is 0.326 e. The number of carbonyl (C=O) groups excluding carboxylic acids is 2. The third kappa shape index (κ3) is 13.2. The predicted octanol–water partition coefficient (Wildman–Crippen LogP) is 3.57. The highest BCUT2D eigenvalue weighted by molar-refractivity contribution is 5.99. The third-order valence-corrected chi connectivity index (χ3v) is 5.05. The summed E-state index contributed by atoms with van der Waals surface area (Å²) in [4.78, 5) is 42.4. The molecule has 1 unspecified atom stereocenters. The van der Waals surface area contributed by atoms with Crippen molar-refractivity contribution in [2.45, 2.75) is 110 Å². The minimum atomic E-state index is -1.18. The zero-order valence-corrected chi connectivity index (χ0v) is 18.9. The molecule has 0 aromatic rings. The van der Waals surface area contributed by atoms with Gasteiger partial charge in [0.1, 0.15) is 6.04 Å². The SMILES string of the molecule is CCCCCCCC(=O)N(C(=O)CCCCCCC)C(CCCN=C(N)N)C(=O)O. The summed E-state index contributed by atoms with van der Waals surface area (Å²) in [5.41, 5.74) is 10.6. The molecule has 0 spiro atoms. The first-order valence-corrected chi connectivity index (χ1v) is 11.5. The topological polar surface area (TPSA) is 139 Å². The number of aliphatic imine (C=N–C) groups is 1. The number of hydrogen-bond donors (Lipinski definition) is 3. The molecule has 0 aliphatic heterocycles. The van der Waals surface area contributed by atoms with Gasteiger partial charge in [0.15, 0.2) is 5.96 Å². The summed E-state index contributed by atoms with van der Waals surface area (Å²) >= 11 is 0. The van der Waals surface area contributed by atoms with Crippen molar-refractivity contribution in [2.24, 2.45) is 16.5 Å². The van der Waals surface area contributed by atoms with E-state index in [4.69, 9.17) is 11.5 Å². The Hall–Kier alpha value is -2.12. The second-order valence-corrected chi connectivity index (χ2v) is 7.79. The minimum absolute atomic E-state index is 0.0648. The number of carbonyl (C=O) groups is 3. The van der Waals surface area contributed by atoms with E-state index in [2.05, 4.69) is 18.8 Å². The minimum Gasteiger partial charge on any atom is -0.480 e. The summed E-state index contributed by atoms with van der Waals surface area (Å²) < 4.78 is 0. The zero-order valence-electron chi connectivity index (χ0n) is 18.9. The highest BCUT2D eigenvalue weighted by Crippen LogP contribution is 2.16. The van der Waals surface area contributed by atoms with Crippen LogP contribution in [-0.2, 0) is 14.4 Å². The summed E-state index contributed by atoms with van der Waals surface area (Å²) in [6, 6.07) is -1.18. The molecule has 2 amide bonds. The van der Waals surface area contributed by atoms with E-state index in [0.29, 0.717) is 19.3 Å². The van der Waals surface area contributed by atoms with Crippen LogP contribution in [0.2, 0.25) is 0 Å². The Bertz CT molecular complexity index is 507. The number of aliphatic carboxylic acids is 1. The van der Waals surface area contributed by atoms with Gasteiger partial charge in [-0.15, -0.1) is 0 Å². The molecule has 0 fully saturated rings. The number of rotatable bonds is 18. The van der Waals surface area contributed by atoms with E-state index in [1.807, 2.05) is 0 Å². The second kappa shape index (κ2) is 17.7. The van der Waals surface area contributed by atoms with E-state index < -0.39 is 12.0 Å². The zero-order chi connectivity index (χ0) is 22.8. The Kier molecular flexibility index (Phi) is 16.5. The molecule has 5 N–H and O–H groups in total. The van der Waals surface area contributed by atoms with E-state index >= 15 is 0 Å².